The predicted molar refractivity (Wildman–Crippen MR) is 75.1 cm³/mol. The summed E-state index contributed by atoms with van der Waals surface area (Å²) >= 11 is 2.14. The first kappa shape index (κ1) is 11.4. The Labute approximate surface area is 108 Å². The summed E-state index contributed by atoms with van der Waals surface area (Å²) in [6.07, 6.45) is 1.44. The Bertz CT molecular complexity index is 340. The van der Waals surface area contributed by atoms with E-state index in [9.17, 15) is 0 Å². The first-order valence-corrected chi connectivity index (χ1v) is 7.81. The largest absolute Gasteiger partial charge is 0.360 e. The Morgan fingerprint density at radius 3 is 2.53 bits per heavy atom. The fourth-order valence-corrected chi connectivity index (χ4v) is 4.26. The minimum Gasteiger partial charge on any atom is -0.360 e. The zero-order valence-corrected chi connectivity index (χ0v) is 11.1. The van der Waals surface area contributed by atoms with Crippen LogP contribution >= 0.6 is 11.8 Å². The van der Waals surface area contributed by atoms with Crippen LogP contribution in [-0.2, 0) is 0 Å². The standard InChI is InChI=1S/C14H20N2S/c1-2-4-13(5-3-1)15-7-9-16(10-8-15)14-6-11-17-12-14/h1-5,14H,6-12H2/p+1/t14-/m0/s1. The minimum atomic E-state index is 0.943. The predicted octanol–water partition coefficient (Wildman–Crippen LogP) is 0.897. The highest BCUT2D eigenvalue weighted by molar-refractivity contribution is 7.99. The Kier molecular flexibility index (Phi) is 3.57. The quantitative estimate of drug-likeness (QED) is 0.833. The van der Waals surface area contributed by atoms with E-state index in [4.69, 9.17) is 0 Å². The van der Waals surface area contributed by atoms with Crippen LogP contribution in [0.5, 0.6) is 0 Å². The fraction of sp³-hybridized carbons (Fsp3) is 0.571. The van der Waals surface area contributed by atoms with Crippen LogP contribution in [-0.4, -0.2) is 43.7 Å². The van der Waals surface area contributed by atoms with Crippen LogP contribution in [0.3, 0.4) is 0 Å². The maximum Gasteiger partial charge on any atom is 0.0975 e. The lowest BCUT2D eigenvalue weighted by atomic mass is 10.2. The molecule has 1 aromatic rings. The number of quaternary nitrogens is 1. The molecule has 2 aliphatic heterocycles. The van der Waals surface area contributed by atoms with Gasteiger partial charge in [0.15, 0.2) is 0 Å². The molecule has 92 valence electrons. The highest BCUT2D eigenvalue weighted by Crippen LogP contribution is 2.16. The summed E-state index contributed by atoms with van der Waals surface area (Å²) < 4.78 is 0. The molecule has 3 rings (SSSR count). The lowest BCUT2D eigenvalue weighted by molar-refractivity contribution is -0.922. The van der Waals surface area contributed by atoms with Crippen molar-refractivity contribution in [2.75, 3.05) is 42.6 Å². The van der Waals surface area contributed by atoms with Crippen molar-refractivity contribution in [3.63, 3.8) is 0 Å². The van der Waals surface area contributed by atoms with Gasteiger partial charge >= 0.3 is 0 Å². The van der Waals surface area contributed by atoms with Gasteiger partial charge in [0.25, 0.3) is 0 Å². The van der Waals surface area contributed by atoms with Gasteiger partial charge in [0, 0.05) is 17.9 Å². The van der Waals surface area contributed by atoms with Crippen LogP contribution in [0, 0.1) is 0 Å². The molecule has 2 heterocycles. The molecular weight excluding hydrogens is 228 g/mol. The molecule has 2 nitrogen and oxygen atoms in total. The molecule has 0 bridgehead atoms. The van der Waals surface area contributed by atoms with E-state index < -0.39 is 0 Å². The van der Waals surface area contributed by atoms with Crippen molar-refractivity contribution >= 4 is 17.4 Å². The number of thioether (sulfide) groups is 1. The number of rotatable bonds is 2. The monoisotopic (exact) mass is 249 g/mol. The van der Waals surface area contributed by atoms with E-state index >= 15 is 0 Å². The molecule has 0 saturated carbocycles. The molecule has 3 heteroatoms. The molecule has 0 radical (unpaired) electrons. The molecule has 17 heavy (non-hydrogen) atoms. The van der Waals surface area contributed by atoms with Crippen LogP contribution in [0.15, 0.2) is 30.3 Å². The summed E-state index contributed by atoms with van der Waals surface area (Å²) in [6, 6.07) is 11.8. The number of para-hydroxylation sites is 1. The van der Waals surface area contributed by atoms with Crippen molar-refractivity contribution in [3.8, 4) is 0 Å². The molecule has 0 aliphatic carbocycles. The summed E-state index contributed by atoms with van der Waals surface area (Å²) in [4.78, 5) is 4.38. The zero-order chi connectivity index (χ0) is 11.5. The number of nitrogens with one attached hydrogen (secondary N) is 1. The van der Waals surface area contributed by atoms with Gasteiger partial charge in [-0.25, -0.2) is 0 Å². The molecule has 1 aromatic carbocycles. The molecular formula is C14H21N2S+. The second-order valence-corrected chi connectivity index (χ2v) is 6.19. The number of hydrogen-bond donors (Lipinski definition) is 1. The molecule has 2 saturated heterocycles. The van der Waals surface area contributed by atoms with Gasteiger partial charge in [-0.3, -0.25) is 0 Å². The van der Waals surface area contributed by atoms with Gasteiger partial charge in [-0.1, -0.05) is 18.2 Å². The number of piperazine rings is 1. The van der Waals surface area contributed by atoms with Gasteiger partial charge in [0.2, 0.25) is 0 Å². The van der Waals surface area contributed by atoms with Crippen LogP contribution in [0.4, 0.5) is 5.69 Å². The number of benzene rings is 1. The first-order chi connectivity index (χ1) is 8.43. The van der Waals surface area contributed by atoms with Crippen molar-refractivity contribution < 1.29 is 4.90 Å². The molecule has 1 atom stereocenters. The smallest absolute Gasteiger partial charge is 0.0975 e. The van der Waals surface area contributed by atoms with Crippen molar-refractivity contribution in [1.29, 1.82) is 0 Å². The van der Waals surface area contributed by atoms with Crippen molar-refractivity contribution in [2.45, 2.75) is 12.5 Å². The van der Waals surface area contributed by atoms with E-state index in [1.54, 1.807) is 0 Å². The van der Waals surface area contributed by atoms with Gasteiger partial charge in [-0.05, 0) is 17.9 Å². The van der Waals surface area contributed by atoms with Crippen molar-refractivity contribution in [1.82, 2.24) is 0 Å². The second-order valence-electron chi connectivity index (χ2n) is 5.04. The lowest BCUT2D eigenvalue weighted by Gasteiger charge is -2.36. The molecule has 0 unspecified atom stereocenters. The Hall–Kier alpha value is -0.670. The minimum absolute atomic E-state index is 0.943. The normalized spacial score (nSPS) is 26.4. The zero-order valence-electron chi connectivity index (χ0n) is 10.3. The first-order valence-electron chi connectivity index (χ1n) is 6.66. The molecule has 0 spiro atoms. The highest BCUT2D eigenvalue weighted by Gasteiger charge is 2.29. The fourth-order valence-electron chi connectivity index (χ4n) is 2.96. The topological polar surface area (TPSA) is 7.68 Å². The van der Waals surface area contributed by atoms with E-state index in [0.717, 1.165) is 6.04 Å². The van der Waals surface area contributed by atoms with Gasteiger partial charge < -0.3 is 9.80 Å². The number of nitrogens with zero attached hydrogens (tertiary/aromatic N) is 1. The third-order valence-corrected chi connectivity index (χ3v) is 5.20. The SMILES string of the molecule is c1ccc(N2CC[NH+]([C@H]3CCSC3)CC2)cc1. The number of anilines is 1. The van der Waals surface area contributed by atoms with Crippen LogP contribution in [0.1, 0.15) is 6.42 Å². The molecule has 2 fully saturated rings. The van der Waals surface area contributed by atoms with E-state index in [1.165, 1.54) is 49.8 Å². The summed E-state index contributed by atoms with van der Waals surface area (Å²) in [6.45, 7) is 5.08. The van der Waals surface area contributed by atoms with Crippen LogP contribution < -0.4 is 9.80 Å². The van der Waals surface area contributed by atoms with Gasteiger partial charge in [-0.2, -0.15) is 11.8 Å². The summed E-state index contributed by atoms with van der Waals surface area (Å²) in [5.74, 6) is 2.78. The molecule has 0 aromatic heterocycles. The van der Waals surface area contributed by atoms with Crippen LogP contribution in [0.25, 0.3) is 0 Å². The van der Waals surface area contributed by atoms with Gasteiger partial charge in [0.05, 0.1) is 32.2 Å². The summed E-state index contributed by atoms with van der Waals surface area (Å²) in [7, 11) is 0. The Balaban J connectivity index is 1.57. The molecule has 1 N–H and O–H groups in total. The third-order valence-electron chi connectivity index (χ3n) is 4.03. The Morgan fingerprint density at radius 1 is 1.12 bits per heavy atom. The summed E-state index contributed by atoms with van der Waals surface area (Å²) in [5, 5.41) is 0. The lowest BCUT2D eigenvalue weighted by Crippen LogP contribution is -3.18. The molecule has 0 amide bonds. The maximum absolute atomic E-state index is 2.53. The van der Waals surface area contributed by atoms with E-state index in [-0.39, 0.29) is 0 Å². The van der Waals surface area contributed by atoms with Crippen molar-refractivity contribution in [2.24, 2.45) is 0 Å². The summed E-state index contributed by atoms with van der Waals surface area (Å²) in [5.41, 5.74) is 1.40. The van der Waals surface area contributed by atoms with Gasteiger partial charge in [-0.15, -0.1) is 0 Å². The Morgan fingerprint density at radius 2 is 1.88 bits per heavy atom. The molecule has 2 aliphatic rings. The van der Waals surface area contributed by atoms with Crippen LogP contribution in [0.2, 0.25) is 0 Å². The van der Waals surface area contributed by atoms with Crippen molar-refractivity contribution in [3.05, 3.63) is 30.3 Å². The second kappa shape index (κ2) is 5.32. The van der Waals surface area contributed by atoms with E-state index in [0.29, 0.717) is 0 Å². The average molecular weight is 249 g/mol. The number of hydrogen-bond acceptors (Lipinski definition) is 2. The average Bonchev–Trinajstić information content (AvgIpc) is 2.94. The maximum atomic E-state index is 2.53. The highest BCUT2D eigenvalue weighted by atomic mass is 32.2. The third kappa shape index (κ3) is 2.61. The van der Waals surface area contributed by atoms with E-state index in [1.807, 2.05) is 4.90 Å². The van der Waals surface area contributed by atoms with Gasteiger partial charge in [0.1, 0.15) is 0 Å². The van der Waals surface area contributed by atoms with E-state index in [2.05, 4.69) is 47.0 Å².